The highest BCUT2D eigenvalue weighted by Gasteiger charge is 2.13. The van der Waals surface area contributed by atoms with Gasteiger partial charge in [0.25, 0.3) is 0 Å². The zero-order valence-corrected chi connectivity index (χ0v) is 11.6. The Morgan fingerprint density at radius 1 is 1.21 bits per heavy atom. The molecule has 0 aromatic heterocycles. The van der Waals surface area contributed by atoms with Crippen LogP contribution in [0.2, 0.25) is 0 Å². The van der Waals surface area contributed by atoms with Crippen LogP contribution in [-0.4, -0.2) is 51.3 Å². The summed E-state index contributed by atoms with van der Waals surface area (Å²) in [7, 11) is 3.24. The van der Waals surface area contributed by atoms with E-state index in [9.17, 15) is 4.79 Å². The molecule has 0 aliphatic carbocycles. The SMILES string of the molecule is COCCN(CCN)C(=O)Cc1ccc(OC)cc1. The molecule has 1 aromatic carbocycles. The Kier molecular flexibility index (Phi) is 6.92. The van der Waals surface area contributed by atoms with E-state index in [1.54, 1.807) is 19.1 Å². The molecule has 1 amide bonds. The molecule has 0 saturated heterocycles. The van der Waals surface area contributed by atoms with Gasteiger partial charge in [-0.2, -0.15) is 0 Å². The number of carbonyl (C=O) groups is 1. The van der Waals surface area contributed by atoms with Crippen molar-refractivity contribution in [2.45, 2.75) is 6.42 Å². The number of methoxy groups -OCH3 is 2. The number of rotatable bonds is 8. The average Bonchev–Trinajstić information content (AvgIpc) is 2.44. The number of nitrogens with two attached hydrogens (primary N) is 1. The largest absolute Gasteiger partial charge is 0.497 e. The minimum atomic E-state index is 0.0627. The lowest BCUT2D eigenvalue weighted by atomic mass is 10.1. The van der Waals surface area contributed by atoms with Crippen molar-refractivity contribution >= 4 is 5.91 Å². The molecular formula is C14H22N2O3. The summed E-state index contributed by atoms with van der Waals surface area (Å²) < 4.78 is 10.1. The van der Waals surface area contributed by atoms with Crippen LogP contribution in [0.1, 0.15) is 5.56 Å². The van der Waals surface area contributed by atoms with Gasteiger partial charge in [-0.1, -0.05) is 12.1 Å². The second kappa shape index (κ2) is 8.50. The van der Waals surface area contributed by atoms with E-state index >= 15 is 0 Å². The van der Waals surface area contributed by atoms with Crippen molar-refractivity contribution in [1.82, 2.24) is 4.90 Å². The molecule has 0 atom stereocenters. The van der Waals surface area contributed by atoms with Crippen LogP contribution in [0.25, 0.3) is 0 Å². The van der Waals surface area contributed by atoms with Gasteiger partial charge in [0.1, 0.15) is 5.75 Å². The topological polar surface area (TPSA) is 64.8 Å². The lowest BCUT2D eigenvalue weighted by Gasteiger charge is -2.21. The van der Waals surface area contributed by atoms with E-state index < -0.39 is 0 Å². The highest BCUT2D eigenvalue weighted by molar-refractivity contribution is 5.78. The number of carbonyl (C=O) groups excluding carboxylic acids is 1. The van der Waals surface area contributed by atoms with E-state index in [0.29, 0.717) is 32.7 Å². The first kappa shape index (κ1) is 15.5. The molecule has 2 N–H and O–H groups in total. The van der Waals surface area contributed by atoms with Crippen LogP contribution in [0.5, 0.6) is 5.75 Å². The van der Waals surface area contributed by atoms with Gasteiger partial charge in [0.2, 0.25) is 5.91 Å². The van der Waals surface area contributed by atoms with Crippen LogP contribution in [0.15, 0.2) is 24.3 Å². The molecule has 0 fully saturated rings. The van der Waals surface area contributed by atoms with Crippen molar-refractivity contribution in [2.24, 2.45) is 5.73 Å². The van der Waals surface area contributed by atoms with Crippen LogP contribution < -0.4 is 10.5 Å². The molecule has 1 aromatic rings. The first-order chi connectivity index (χ1) is 9.21. The van der Waals surface area contributed by atoms with Gasteiger partial charge < -0.3 is 20.1 Å². The van der Waals surface area contributed by atoms with Gasteiger partial charge in [-0.3, -0.25) is 4.79 Å². The van der Waals surface area contributed by atoms with Crippen LogP contribution in [-0.2, 0) is 16.0 Å². The van der Waals surface area contributed by atoms with E-state index in [2.05, 4.69) is 0 Å². The number of hydrogen-bond donors (Lipinski definition) is 1. The van der Waals surface area contributed by atoms with Crippen molar-refractivity contribution in [2.75, 3.05) is 40.5 Å². The number of ether oxygens (including phenoxy) is 2. The Hall–Kier alpha value is -1.59. The zero-order valence-electron chi connectivity index (χ0n) is 11.6. The maximum atomic E-state index is 12.1. The molecule has 5 nitrogen and oxygen atoms in total. The van der Waals surface area contributed by atoms with Crippen molar-refractivity contribution in [3.63, 3.8) is 0 Å². The molecular weight excluding hydrogens is 244 g/mol. The summed E-state index contributed by atoms with van der Waals surface area (Å²) in [4.78, 5) is 13.9. The molecule has 0 unspecified atom stereocenters. The fourth-order valence-electron chi connectivity index (χ4n) is 1.75. The Labute approximate surface area is 114 Å². The Morgan fingerprint density at radius 3 is 2.42 bits per heavy atom. The van der Waals surface area contributed by atoms with E-state index in [4.69, 9.17) is 15.2 Å². The summed E-state index contributed by atoms with van der Waals surface area (Å²) in [5.41, 5.74) is 6.48. The van der Waals surface area contributed by atoms with Gasteiger partial charge in [0, 0.05) is 26.7 Å². The Balaban J connectivity index is 2.58. The molecule has 19 heavy (non-hydrogen) atoms. The number of benzene rings is 1. The normalized spacial score (nSPS) is 10.3. The van der Waals surface area contributed by atoms with E-state index in [1.165, 1.54) is 0 Å². The molecule has 0 aliphatic rings. The Morgan fingerprint density at radius 2 is 1.89 bits per heavy atom. The van der Waals surface area contributed by atoms with Crippen molar-refractivity contribution < 1.29 is 14.3 Å². The minimum absolute atomic E-state index is 0.0627. The van der Waals surface area contributed by atoms with Gasteiger partial charge in [-0.05, 0) is 17.7 Å². The zero-order chi connectivity index (χ0) is 14.1. The summed E-state index contributed by atoms with van der Waals surface area (Å²) in [5, 5.41) is 0. The maximum absolute atomic E-state index is 12.1. The molecule has 0 radical (unpaired) electrons. The molecule has 1 rings (SSSR count). The van der Waals surface area contributed by atoms with Crippen LogP contribution in [0.3, 0.4) is 0 Å². The smallest absolute Gasteiger partial charge is 0.227 e. The molecule has 0 aliphatic heterocycles. The van der Waals surface area contributed by atoms with Crippen molar-refractivity contribution in [1.29, 1.82) is 0 Å². The molecule has 5 heteroatoms. The number of nitrogens with zero attached hydrogens (tertiary/aromatic N) is 1. The van der Waals surface area contributed by atoms with Crippen LogP contribution in [0.4, 0.5) is 0 Å². The van der Waals surface area contributed by atoms with Gasteiger partial charge in [-0.15, -0.1) is 0 Å². The second-order valence-electron chi connectivity index (χ2n) is 4.19. The lowest BCUT2D eigenvalue weighted by Crippen LogP contribution is -2.38. The molecule has 0 spiro atoms. The van der Waals surface area contributed by atoms with Crippen LogP contribution >= 0.6 is 0 Å². The highest BCUT2D eigenvalue weighted by Crippen LogP contribution is 2.12. The fourth-order valence-corrected chi connectivity index (χ4v) is 1.75. The lowest BCUT2D eigenvalue weighted by molar-refractivity contribution is -0.131. The third-order valence-electron chi connectivity index (χ3n) is 2.83. The third kappa shape index (κ3) is 5.28. The minimum Gasteiger partial charge on any atom is -0.497 e. The summed E-state index contributed by atoms with van der Waals surface area (Å²) in [5.74, 6) is 0.849. The van der Waals surface area contributed by atoms with Gasteiger partial charge >= 0.3 is 0 Å². The first-order valence-electron chi connectivity index (χ1n) is 6.31. The van der Waals surface area contributed by atoms with Gasteiger partial charge in [-0.25, -0.2) is 0 Å². The molecule has 0 bridgehead atoms. The molecule has 106 valence electrons. The highest BCUT2D eigenvalue weighted by atomic mass is 16.5. The maximum Gasteiger partial charge on any atom is 0.227 e. The van der Waals surface area contributed by atoms with Crippen molar-refractivity contribution in [3.05, 3.63) is 29.8 Å². The summed E-state index contributed by atoms with van der Waals surface area (Å²) in [6.07, 6.45) is 0.369. The van der Waals surface area contributed by atoms with E-state index in [1.807, 2.05) is 24.3 Å². The number of amides is 1. The molecule has 0 saturated carbocycles. The average molecular weight is 266 g/mol. The molecule has 0 heterocycles. The monoisotopic (exact) mass is 266 g/mol. The summed E-state index contributed by atoms with van der Waals surface area (Å²) in [6.45, 7) is 2.10. The van der Waals surface area contributed by atoms with E-state index in [-0.39, 0.29) is 5.91 Å². The third-order valence-corrected chi connectivity index (χ3v) is 2.83. The standard InChI is InChI=1S/C14H22N2O3/c1-18-10-9-16(8-7-15)14(17)11-12-3-5-13(19-2)6-4-12/h3-6H,7-11,15H2,1-2H3. The summed E-state index contributed by atoms with van der Waals surface area (Å²) >= 11 is 0. The van der Waals surface area contributed by atoms with Gasteiger partial charge in [0.15, 0.2) is 0 Å². The Bertz CT molecular complexity index is 379. The van der Waals surface area contributed by atoms with Gasteiger partial charge in [0.05, 0.1) is 20.1 Å². The second-order valence-corrected chi connectivity index (χ2v) is 4.19. The van der Waals surface area contributed by atoms with E-state index in [0.717, 1.165) is 11.3 Å². The fraction of sp³-hybridized carbons (Fsp3) is 0.500. The number of hydrogen-bond acceptors (Lipinski definition) is 4. The quantitative estimate of drug-likeness (QED) is 0.751. The predicted octanol–water partition coefficient (Wildman–Crippen LogP) is 0.671. The first-order valence-corrected chi connectivity index (χ1v) is 6.31. The predicted molar refractivity (Wildman–Crippen MR) is 74.2 cm³/mol. The van der Waals surface area contributed by atoms with Crippen molar-refractivity contribution in [3.8, 4) is 5.75 Å². The summed E-state index contributed by atoms with van der Waals surface area (Å²) in [6, 6.07) is 7.50. The van der Waals surface area contributed by atoms with Crippen LogP contribution in [0, 0.1) is 0 Å².